The highest BCUT2D eigenvalue weighted by Gasteiger charge is 2.20. The van der Waals surface area contributed by atoms with Gasteiger partial charge < -0.3 is 20.5 Å². The molecule has 6 heteroatoms. The van der Waals surface area contributed by atoms with E-state index in [1.165, 1.54) is 5.56 Å². The molecule has 0 aliphatic carbocycles. The van der Waals surface area contributed by atoms with E-state index in [4.69, 9.17) is 26.8 Å². The second-order valence-corrected chi connectivity index (χ2v) is 6.76. The topological polar surface area (TPSA) is 73.6 Å². The zero-order valence-electron chi connectivity index (χ0n) is 14.8. The molecule has 138 valence electrons. The molecule has 1 aliphatic rings. The number of amides is 1. The largest absolute Gasteiger partial charge is 0.492 e. The van der Waals surface area contributed by atoms with Crippen molar-refractivity contribution in [3.63, 3.8) is 0 Å². The van der Waals surface area contributed by atoms with Crippen LogP contribution in [-0.2, 0) is 24.2 Å². The van der Waals surface area contributed by atoms with Crippen LogP contribution in [0.4, 0.5) is 0 Å². The van der Waals surface area contributed by atoms with Gasteiger partial charge in [0.2, 0.25) is 5.91 Å². The molecule has 0 saturated heterocycles. The number of nitrogens with one attached hydrogen (secondary N) is 1. The molecule has 3 rings (SSSR count). The number of ether oxygens (including phenoxy) is 2. The van der Waals surface area contributed by atoms with Gasteiger partial charge in [-0.25, -0.2) is 0 Å². The van der Waals surface area contributed by atoms with Crippen molar-refractivity contribution in [2.75, 3.05) is 13.2 Å². The van der Waals surface area contributed by atoms with Crippen LogP contribution in [0.5, 0.6) is 11.5 Å². The van der Waals surface area contributed by atoms with Crippen molar-refractivity contribution in [3.8, 4) is 11.5 Å². The summed E-state index contributed by atoms with van der Waals surface area (Å²) in [5.74, 6) is 1.19. The Hall–Kier alpha value is -2.24. The second kappa shape index (κ2) is 8.43. The third-order valence-electron chi connectivity index (χ3n) is 4.49. The third-order valence-corrected chi connectivity index (χ3v) is 4.84. The van der Waals surface area contributed by atoms with E-state index in [2.05, 4.69) is 18.3 Å². The van der Waals surface area contributed by atoms with Crippen LogP contribution in [0, 0.1) is 0 Å². The number of hydrogen-bond donors (Lipinski definition) is 2. The highest BCUT2D eigenvalue weighted by molar-refractivity contribution is 6.31. The Morgan fingerprint density at radius 1 is 1.38 bits per heavy atom. The summed E-state index contributed by atoms with van der Waals surface area (Å²) in [6.07, 6.45) is 1.69. The number of halogens is 1. The second-order valence-electron chi connectivity index (χ2n) is 6.35. The lowest BCUT2D eigenvalue weighted by Gasteiger charge is -2.26. The summed E-state index contributed by atoms with van der Waals surface area (Å²) in [6.45, 7) is 3.17. The van der Waals surface area contributed by atoms with E-state index in [0.717, 1.165) is 40.5 Å². The summed E-state index contributed by atoms with van der Waals surface area (Å²) < 4.78 is 11.8. The minimum Gasteiger partial charge on any atom is -0.492 e. The Labute approximate surface area is 158 Å². The first-order valence-electron chi connectivity index (χ1n) is 8.73. The minimum atomic E-state index is -0.370. The molecule has 2 aromatic rings. The fourth-order valence-corrected chi connectivity index (χ4v) is 3.32. The van der Waals surface area contributed by atoms with E-state index in [1.807, 2.05) is 30.3 Å². The Morgan fingerprint density at radius 3 is 3.00 bits per heavy atom. The summed E-state index contributed by atoms with van der Waals surface area (Å²) >= 11 is 6.31. The van der Waals surface area contributed by atoms with E-state index in [1.54, 1.807) is 0 Å². The van der Waals surface area contributed by atoms with Gasteiger partial charge in [-0.2, -0.15) is 0 Å². The number of carbonyl (C=O) groups excluding carboxylic acids is 1. The number of fused-ring (bicyclic) bond motifs is 1. The third kappa shape index (κ3) is 4.48. The number of aryl methyl sites for hydroxylation is 1. The van der Waals surface area contributed by atoms with Crippen molar-refractivity contribution in [3.05, 3.63) is 58.1 Å². The lowest BCUT2D eigenvalue weighted by Crippen LogP contribution is -2.43. The fraction of sp³-hybridized carbons (Fsp3) is 0.350. The standard InChI is InChI=1S/C20H23ClN2O3/c1-2-13-4-3-5-18(21)17(13)12-25-16-7-6-14-8-15(23-10-20(22)24)11-26-19(14)9-16/h3-7,9,15,23H,2,8,10-12H2,1H3,(H2,22,24). The SMILES string of the molecule is CCc1cccc(Cl)c1COc1ccc2c(c1)OCC(NCC(N)=O)C2. The molecule has 3 N–H and O–H groups in total. The van der Waals surface area contributed by atoms with Crippen LogP contribution in [0.25, 0.3) is 0 Å². The fourth-order valence-electron chi connectivity index (χ4n) is 3.07. The number of hydrogen-bond acceptors (Lipinski definition) is 4. The van der Waals surface area contributed by atoms with Crippen molar-refractivity contribution in [1.82, 2.24) is 5.32 Å². The summed E-state index contributed by atoms with van der Waals surface area (Å²) in [6, 6.07) is 11.8. The average Bonchev–Trinajstić information content (AvgIpc) is 2.64. The van der Waals surface area contributed by atoms with Gasteiger partial charge >= 0.3 is 0 Å². The van der Waals surface area contributed by atoms with Gasteiger partial charge in [0.1, 0.15) is 24.7 Å². The first kappa shape index (κ1) is 18.5. The number of nitrogens with two attached hydrogens (primary N) is 1. The lowest BCUT2D eigenvalue weighted by molar-refractivity contribution is -0.117. The van der Waals surface area contributed by atoms with Crippen LogP contribution in [0.1, 0.15) is 23.6 Å². The monoisotopic (exact) mass is 374 g/mol. The predicted molar refractivity (Wildman–Crippen MR) is 102 cm³/mol. The van der Waals surface area contributed by atoms with Gasteiger partial charge in [-0.15, -0.1) is 0 Å². The Balaban J connectivity index is 1.65. The quantitative estimate of drug-likeness (QED) is 0.781. The molecule has 0 saturated carbocycles. The van der Waals surface area contributed by atoms with Crippen molar-refractivity contribution in [2.45, 2.75) is 32.4 Å². The smallest absolute Gasteiger partial charge is 0.231 e. The van der Waals surface area contributed by atoms with Crippen molar-refractivity contribution < 1.29 is 14.3 Å². The van der Waals surface area contributed by atoms with Gasteiger partial charge in [0.15, 0.2) is 0 Å². The molecule has 2 aromatic carbocycles. The van der Waals surface area contributed by atoms with Crippen LogP contribution in [0.15, 0.2) is 36.4 Å². The number of primary amides is 1. The molecule has 1 aliphatic heterocycles. The maximum atomic E-state index is 10.9. The molecule has 1 heterocycles. The Kier molecular flexibility index (Phi) is 6.01. The summed E-state index contributed by atoms with van der Waals surface area (Å²) in [5.41, 5.74) is 8.46. The molecule has 1 atom stereocenters. The van der Waals surface area contributed by atoms with Crippen molar-refractivity contribution in [1.29, 1.82) is 0 Å². The number of carbonyl (C=O) groups is 1. The number of benzene rings is 2. The van der Waals surface area contributed by atoms with Crippen molar-refractivity contribution >= 4 is 17.5 Å². The van der Waals surface area contributed by atoms with Gasteiger partial charge in [-0.3, -0.25) is 4.79 Å². The van der Waals surface area contributed by atoms with Gasteiger partial charge in [0.25, 0.3) is 0 Å². The first-order valence-corrected chi connectivity index (χ1v) is 9.11. The predicted octanol–water partition coefficient (Wildman–Crippen LogP) is 2.86. The Morgan fingerprint density at radius 2 is 2.23 bits per heavy atom. The maximum Gasteiger partial charge on any atom is 0.231 e. The van der Waals surface area contributed by atoms with E-state index < -0.39 is 0 Å². The summed E-state index contributed by atoms with van der Waals surface area (Å²) in [5, 5.41) is 3.82. The van der Waals surface area contributed by atoms with Crippen LogP contribution in [0.2, 0.25) is 5.02 Å². The molecule has 0 bridgehead atoms. The van der Waals surface area contributed by atoms with Crippen LogP contribution < -0.4 is 20.5 Å². The van der Waals surface area contributed by atoms with Gasteiger partial charge in [-0.05, 0) is 36.1 Å². The van der Waals surface area contributed by atoms with Crippen LogP contribution in [0.3, 0.4) is 0 Å². The molecule has 0 aromatic heterocycles. The van der Waals surface area contributed by atoms with E-state index in [0.29, 0.717) is 13.2 Å². The molecule has 0 fully saturated rings. The van der Waals surface area contributed by atoms with Crippen LogP contribution in [-0.4, -0.2) is 25.1 Å². The molecule has 1 amide bonds. The van der Waals surface area contributed by atoms with E-state index in [9.17, 15) is 4.79 Å². The molecule has 0 spiro atoms. The van der Waals surface area contributed by atoms with Crippen molar-refractivity contribution in [2.24, 2.45) is 5.73 Å². The normalized spacial score (nSPS) is 15.8. The van der Waals surface area contributed by atoms with Gasteiger partial charge in [0, 0.05) is 22.7 Å². The molecule has 0 radical (unpaired) electrons. The molecular weight excluding hydrogens is 352 g/mol. The van der Waals surface area contributed by atoms with Gasteiger partial charge in [-0.1, -0.05) is 36.7 Å². The summed E-state index contributed by atoms with van der Waals surface area (Å²) in [7, 11) is 0. The minimum absolute atomic E-state index is 0.0806. The number of rotatable bonds is 7. The van der Waals surface area contributed by atoms with Crippen LogP contribution >= 0.6 is 11.6 Å². The molecule has 5 nitrogen and oxygen atoms in total. The Bertz CT molecular complexity index is 795. The lowest BCUT2D eigenvalue weighted by atomic mass is 10.0. The average molecular weight is 375 g/mol. The molecule has 26 heavy (non-hydrogen) atoms. The maximum absolute atomic E-state index is 10.9. The zero-order valence-corrected chi connectivity index (χ0v) is 15.5. The highest BCUT2D eigenvalue weighted by Crippen LogP contribution is 2.30. The molecular formula is C20H23ClN2O3. The highest BCUT2D eigenvalue weighted by atomic mass is 35.5. The van der Waals surface area contributed by atoms with Gasteiger partial charge in [0.05, 0.1) is 6.54 Å². The zero-order chi connectivity index (χ0) is 18.5. The summed E-state index contributed by atoms with van der Waals surface area (Å²) in [4.78, 5) is 10.9. The first-order chi connectivity index (χ1) is 12.6. The molecule has 1 unspecified atom stereocenters. The van der Waals surface area contributed by atoms with E-state index in [-0.39, 0.29) is 18.5 Å². The van der Waals surface area contributed by atoms with E-state index >= 15 is 0 Å².